The topological polar surface area (TPSA) is 37.5 Å². The van der Waals surface area contributed by atoms with Gasteiger partial charge in [0.25, 0.3) is 0 Å². The molecule has 1 N–H and O–H groups in total. The molecule has 0 bridgehead atoms. The molecule has 4 heteroatoms. The summed E-state index contributed by atoms with van der Waals surface area (Å²) in [5.41, 5.74) is 5.19. The van der Waals surface area contributed by atoms with Gasteiger partial charge in [0, 0.05) is 0 Å². The fraction of sp³-hybridized carbons (Fsp3) is 0.458. The van der Waals surface area contributed by atoms with Gasteiger partial charge in [-0.25, -0.2) is 9.37 Å². The molecule has 3 aromatic rings. The number of hydrogen-bond acceptors (Lipinski definition) is 2. The minimum absolute atomic E-state index is 0.111. The summed E-state index contributed by atoms with van der Waals surface area (Å²) in [6, 6.07) is 9.95. The van der Waals surface area contributed by atoms with E-state index >= 15 is 0 Å². The van der Waals surface area contributed by atoms with Crippen LogP contribution in [0.2, 0.25) is 0 Å². The molecule has 2 aromatic heterocycles. The number of aromatic nitrogens is 2. The van der Waals surface area contributed by atoms with Crippen LogP contribution in [-0.4, -0.2) is 14.5 Å². The van der Waals surface area contributed by atoms with Crippen molar-refractivity contribution in [1.29, 1.82) is 0 Å². The fourth-order valence-corrected chi connectivity index (χ4v) is 4.94. The number of aliphatic hydroxyl groups is 1. The molecule has 0 radical (unpaired) electrons. The molecule has 2 saturated carbocycles. The van der Waals surface area contributed by atoms with Crippen LogP contribution in [0.5, 0.6) is 0 Å². The summed E-state index contributed by atoms with van der Waals surface area (Å²) in [6.07, 6.45) is 9.59. The Morgan fingerprint density at radius 1 is 1.04 bits per heavy atom. The fourth-order valence-electron chi connectivity index (χ4n) is 4.94. The zero-order chi connectivity index (χ0) is 19.3. The van der Waals surface area contributed by atoms with E-state index in [2.05, 4.69) is 27.6 Å². The average molecular weight is 378 g/mol. The van der Waals surface area contributed by atoms with E-state index in [1.54, 1.807) is 13.0 Å². The third-order valence-electron chi connectivity index (χ3n) is 6.84. The normalized spacial score (nSPS) is 23.8. The van der Waals surface area contributed by atoms with Crippen molar-refractivity contribution in [3.05, 3.63) is 71.1 Å². The highest BCUT2D eigenvalue weighted by molar-refractivity contribution is 5.50. The van der Waals surface area contributed by atoms with Crippen LogP contribution in [-0.2, 0) is 0 Å². The van der Waals surface area contributed by atoms with Gasteiger partial charge in [-0.3, -0.25) is 0 Å². The summed E-state index contributed by atoms with van der Waals surface area (Å²) in [5, 5.41) is 11.3. The molecule has 0 spiro atoms. The van der Waals surface area contributed by atoms with Gasteiger partial charge in [0.15, 0.2) is 0 Å². The number of fused-ring (bicyclic) bond motifs is 1. The SMILES string of the molecule is Cc1ccc(C2CCC([C@@H](O)c3c(C4CC4)ccc4cncn34)CC2)cc1F. The van der Waals surface area contributed by atoms with Crippen LogP contribution in [0.15, 0.2) is 42.9 Å². The first-order valence-corrected chi connectivity index (χ1v) is 10.5. The minimum atomic E-state index is -0.468. The number of halogens is 1. The Kier molecular flexibility index (Phi) is 4.47. The lowest BCUT2D eigenvalue weighted by Gasteiger charge is -2.33. The molecule has 5 rings (SSSR count). The van der Waals surface area contributed by atoms with E-state index in [0.29, 0.717) is 17.4 Å². The van der Waals surface area contributed by atoms with Crippen molar-refractivity contribution in [2.24, 2.45) is 5.92 Å². The van der Waals surface area contributed by atoms with Gasteiger partial charge in [-0.1, -0.05) is 18.2 Å². The van der Waals surface area contributed by atoms with Crippen molar-refractivity contribution in [3.8, 4) is 0 Å². The number of aliphatic hydroxyl groups excluding tert-OH is 1. The first-order valence-electron chi connectivity index (χ1n) is 10.5. The third-order valence-corrected chi connectivity index (χ3v) is 6.84. The van der Waals surface area contributed by atoms with Gasteiger partial charge in [-0.15, -0.1) is 0 Å². The predicted molar refractivity (Wildman–Crippen MR) is 108 cm³/mol. The summed E-state index contributed by atoms with van der Waals surface area (Å²) in [6.45, 7) is 1.81. The van der Waals surface area contributed by atoms with Crippen molar-refractivity contribution in [2.75, 3.05) is 0 Å². The summed E-state index contributed by atoms with van der Waals surface area (Å²) in [5.74, 6) is 1.12. The second-order valence-corrected chi connectivity index (χ2v) is 8.70. The number of imidazole rings is 1. The van der Waals surface area contributed by atoms with Crippen LogP contribution in [0.3, 0.4) is 0 Å². The van der Waals surface area contributed by atoms with Gasteiger partial charge in [0.1, 0.15) is 5.82 Å². The van der Waals surface area contributed by atoms with Gasteiger partial charge >= 0.3 is 0 Å². The number of benzene rings is 1. The monoisotopic (exact) mass is 378 g/mol. The van der Waals surface area contributed by atoms with E-state index in [1.165, 1.54) is 18.4 Å². The molecular formula is C24H27FN2O. The van der Waals surface area contributed by atoms with Crippen LogP contribution in [0.4, 0.5) is 4.39 Å². The molecular weight excluding hydrogens is 351 g/mol. The zero-order valence-corrected chi connectivity index (χ0v) is 16.3. The summed E-state index contributed by atoms with van der Waals surface area (Å²) >= 11 is 0. The maximum Gasteiger partial charge on any atom is 0.126 e. The summed E-state index contributed by atoms with van der Waals surface area (Å²) in [4.78, 5) is 4.29. The van der Waals surface area contributed by atoms with Crippen LogP contribution in [0.25, 0.3) is 5.52 Å². The molecule has 2 fully saturated rings. The molecule has 1 aromatic carbocycles. The molecule has 2 aliphatic carbocycles. The summed E-state index contributed by atoms with van der Waals surface area (Å²) < 4.78 is 16.0. The Bertz CT molecular complexity index is 999. The second kappa shape index (κ2) is 7.00. The quantitative estimate of drug-likeness (QED) is 0.635. The average Bonchev–Trinajstić information content (AvgIpc) is 3.45. The lowest BCUT2D eigenvalue weighted by molar-refractivity contribution is 0.0754. The molecule has 1 atom stereocenters. The van der Waals surface area contributed by atoms with Gasteiger partial charge in [0.2, 0.25) is 0 Å². The molecule has 2 aliphatic rings. The van der Waals surface area contributed by atoms with Crippen LogP contribution >= 0.6 is 0 Å². The molecule has 28 heavy (non-hydrogen) atoms. The number of hydrogen-bond donors (Lipinski definition) is 1. The highest BCUT2D eigenvalue weighted by Gasteiger charge is 2.34. The van der Waals surface area contributed by atoms with E-state index in [9.17, 15) is 9.50 Å². The Hall–Kier alpha value is -2.20. The number of rotatable bonds is 4. The molecule has 0 unspecified atom stereocenters. The number of aryl methyl sites for hydroxylation is 1. The van der Waals surface area contributed by atoms with Gasteiger partial charge in [-0.05, 0) is 92.0 Å². The molecule has 0 aliphatic heterocycles. The van der Waals surface area contributed by atoms with E-state index in [4.69, 9.17) is 0 Å². The maximum absolute atomic E-state index is 14.0. The van der Waals surface area contributed by atoms with E-state index in [1.807, 2.05) is 18.6 Å². The van der Waals surface area contributed by atoms with Gasteiger partial charge in [0.05, 0.1) is 29.8 Å². The van der Waals surface area contributed by atoms with Crippen molar-refractivity contribution in [2.45, 2.75) is 63.4 Å². The summed E-state index contributed by atoms with van der Waals surface area (Å²) in [7, 11) is 0. The molecule has 0 amide bonds. The third kappa shape index (κ3) is 3.14. The standard InChI is InChI=1S/C24H27FN2O/c1-15-2-3-19(12-22(15)25)16-4-8-18(9-5-16)24(28)23-21(17-6-7-17)11-10-20-13-26-14-27(20)23/h2-3,10-14,16-18,24,28H,4-9H2,1H3/t16?,18?,24-/m1/s1. The first kappa shape index (κ1) is 17.9. The Morgan fingerprint density at radius 3 is 2.50 bits per heavy atom. The van der Waals surface area contributed by atoms with Crippen molar-refractivity contribution < 1.29 is 9.50 Å². The van der Waals surface area contributed by atoms with Crippen molar-refractivity contribution in [3.63, 3.8) is 0 Å². The zero-order valence-electron chi connectivity index (χ0n) is 16.3. The van der Waals surface area contributed by atoms with E-state index in [0.717, 1.165) is 42.5 Å². The van der Waals surface area contributed by atoms with Gasteiger partial charge in [-0.2, -0.15) is 0 Å². The van der Waals surface area contributed by atoms with Gasteiger partial charge < -0.3 is 9.51 Å². The molecule has 3 nitrogen and oxygen atoms in total. The molecule has 146 valence electrons. The minimum Gasteiger partial charge on any atom is -0.387 e. The molecule has 2 heterocycles. The van der Waals surface area contributed by atoms with Crippen LogP contribution < -0.4 is 0 Å². The predicted octanol–water partition coefficient (Wildman–Crippen LogP) is 5.67. The highest BCUT2D eigenvalue weighted by Crippen LogP contribution is 2.47. The smallest absolute Gasteiger partial charge is 0.126 e. The number of pyridine rings is 1. The Balaban J connectivity index is 1.37. The lowest BCUT2D eigenvalue weighted by Crippen LogP contribution is -2.22. The van der Waals surface area contributed by atoms with Crippen molar-refractivity contribution >= 4 is 5.52 Å². The van der Waals surface area contributed by atoms with E-state index < -0.39 is 6.10 Å². The highest BCUT2D eigenvalue weighted by atomic mass is 19.1. The maximum atomic E-state index is 14.0. The first-order chi connectivity index (χ1) is 13.6. The van der Waals surface area contributed by atoms with Crippen molar-refractivity contribution in [1.82, 2.24) is 9.38 Å². The van der Waals surface area contributed by atoms with Crippen LogP contribution in [0, 0.1) is 18.7 Å². The van der Waals surface area contributed by atoms with E-state index in [-0.39, 0.29) is 11.7 Å². The second-order valence-electron chi connectivity index (χ2n) is 8.70. The molecule has 0 saturated heterocycles. The Morgan fingerprint density at radius 2 is 1.79 bits per heavy atom. The largest absolute Gasteiger partial charge is 0.387 e. The lowest BCUT2D eigenvalue weighted by atomic mass is 9.75. The Labute approximate surface area is 165 Å². The number of nitrogens with zero attached hydrogens (tertiary/aromatic N) is 2. The van der Waals surface area contributed by atoms with Crippen LogP contribution in [0.1, 0.15) is 78.8 Å².